The lowest BCUT2D eigenvalue weighted by Gasteiger charge is -2.14. The molecule has 0 aliphatic heterocycles. The van der Waals surface area contributed by atoms with Gasteiger partial charge in [0.15, 0.2) is 12.7 Å². The predicted molar refractivity (Wildman–Crippen MR) is 105 cm³/mol. The average Bonchev–Trinajstić information content (AvgIpc) is 2.76. The molecular weight excluding hydrogens is 394 g/mol. The van der Waals surface area contributed by atoms with Crippen LogP contribution in [0.25, 0.3) is 0 Å². The van der Waals surface area contributed by atoms with E-state index in [0.717, 1.165) is 0 Å². The maximum Gasteiger partial charge on any atom is 0.347 e. The molecule has 2 aromatic carbocycles. The summed E-state index contributed by atoms with van der Waals surface area (Å²) in [5.74, 6) is -2.36. The van der Waals surface area contributed by atoms with Gasteiger partial charge in [-0.3, -0.25) is 4.79 Å². The molecule has 0 aliphatic carbocycles. The Morgan fingerprint density at radius 3 is 2.23 bits per heavy atom. The van der Waals surface area contributed by atoms with E-state index in [9.17, 15) is 19.2 Å². The number of hydrogen-bond acceptors (Lipinski definition) is 8. The van der Waals surface area contributed by atoms with Gasteiger partial charge >= 0.3 is 17.9 Å². The lowest BCUT2D eigenvalue weighted by molar-refractivity contribution is -0.153. The third kappa shape index (κ3) is 6.06. The van der Waals surface area contributed by atoms with Crippen LogP contribution in [0.2, 0.25) is 0 Å². The van der Waals surface area contributed by atoms with Crippen LogP contribution < -0.4 is 10.1 Å². The number of anilines is 1. The molecule has 0 saturated heterocycles. The number of ether oxygens (including phenoxy) is 4. The van der Waals surface area contributed by atoms with Gasteiger partial charge in [-0.2, -0.15) is 0 Å². The highest BCUT2D eigenvalue weighted by molar-refractivity contribution is 6.04. The van der Waals surface area contributed by atoms with E-state index < -0.39 is 36.5 Å². The Kier molecular flexibility index (Phi) is 7.92. The quantitative estimate of drug-likeness (QED) is 0.515. The summed E-state index contributed by atoms with van der Waals surface area (Å²) >= 11 is 0. The van der Waals surface area contributed by atoms with E-state index in [0.29, 0.717) is 5.75 Å². The van der Waals surface area contributed by atoms with Gasteiger partial charge in [-0.1, -0.05) is 18.2 Å². The topological polar surface area (TPSA) is 117 Å². The van der Waals surface area contributed by atoms with Gasteiger partial charge in [0, 0.05) is 0 Å². The molecule has 0 radical (unpaired) electrons. The molecule has 0 fully saturated rings. The number of carbonyl (C=O) groups excluding carboxylic acids is 4. The maximum atomic E-state index is 12.2. The molecule has 0 aromatic heterocycles. The number of rotatable bonds is 8. The highest BCUT2D eigenvalue weighted by atomic mass is 16.6. The minimum atomic E-state index is -0.937. The van der Waals surface area contributed by atoms with Crippen LogP contribution in [0.1, 0.15) is 27.6 Å². The molecule has 0 spiro atoms. The summed E-state index contributed by atoms with van der Waals surface area (Å²) in [4.78, 5) is 47.9. The van der Waals surface area contributed by atoms with Gasteiger partial charge in [0.25, 0.3) is 5.91 Å². The SMILES string of the molecule is COC(=O)c1ccc(C(=O)OC)c(NC(=O)COC(=O)[C@@H](C)Oc2ccccc2)c1. The first-order valence-electron chi connectivity index (χ1n) is 8.84. The Morgan fingerprint density at radius 2 is 1.60 bits per heavy atom. The second-order valence-electron chi connectivity index (χ2n) is 5.97. The fraction of sp³-hybridized carbons (Fsp3) is 0.238. The van der Waals surface area contributed by atoms with Crippen LogP contribution in [0.3, 0.4) is 0 Å². The van der Waals surface area contributed by atoms with E-state index in [1.807, 2.05) is 0 Å². The van der Waals surface area contributed by atoms with Crippen LogP contribution in [0.4, 0.5) is 5.69 Å². The van der Waals surface area contributed by atoms with E-state index in [-0.39, 0.29) is 16.8 Å². The minimum Gasteiger partial charge on any atom is -0.479 e. The van der Waals surface area contributed by atoms with Crippen molar-refractivity contribution in [1.29, 1.82) is 0 Å². The van der Waals surface area contributed by atoms with Crippen LogP contribution in [0.15, 0.2) is 48.5 Å². The zero-order valence-corrected chi connectivity index (χ0v) is 16.7. The number of esters is 3. The van der Waals surface area contributed by atoms with Crippen LogP contribution in [-0.2, 0) is 23.8 Å². The fourth-order valence-corrected chi connectivity index (χ4v) is 2.37. The van der Waals surface area contributed by atoms with Crippen molar-refractivity contribution < 1.29 is 38.1 Å². The Labute approximate surface area is 172 Å². The number of para-hydroxylation sites is 1. The number of methoxy groups -OCH3 is 2. The summed E-state index contributed by atoms with van der Waals surface area (Å²) < 4.78 is 19.7. The first kappa shape index (κ1) is 22.4. The predicted octanol–water partition coefficient (Wildman–Crippen LogP) is 2.21. The molecule has 0 aliphatic rings. The van der Waals surface area contributed by atoms with Gasteiger partial charge in [0.05, 0.1) is 31.0 Å². The van der Waals surface area contributed by atoms with Crippen molar-refractivity contribution in [2.75, 3.05) is 26.1 Å². The molecule has 1 N–H and O–H groups in total. The molecule has 0 unspecified atom stereocenters. The molecule has 9 heteroatoms. The lowest BCUT2D eigenvalue weighted by Crippen LogP contribution is -2.30. The summed E-state index contributed by atoms with van der Waals surface area (Å²) in [6.45, 7) is 0.868. The molecule has 2 aromatic rings. The third-order valence-corrected chi connectivity index (χ3v) is 3.85. The van der Waals surface area contributed by atoms with E-state index in [1.54, 1.807) is 30.3 Å². The molecule has 30 heavy (non-hydrogen) atoms. The second kappa shape index (κ2) is 10.6. The largest absolute Gasteiger partial charge is 0.479 e. The zero-order chi connectivity index (χ0) is 22.1. The van der Waals surface area contributed by atoms with E-state index in [1.165, 1.54) is 39.3 Å². The van der Waals surface area contributed by atoms with Gasteiger partial charge < -0.3 is 24.3 Å². The van der Waals surface area contributed by atoms with Gasteiger partial charge in [-0.15, -0.1) is 0 Å². The van der Waals surface area contributed by atoms with Crippen molar-refractivity contribution >= 4 is 29.5 Å². The van der Waals surface area contributed by atoms with Crippen LogP contribution in [0.5, 0.6) is 5.75 Å². The Balaban J connectivity index is 2.01. The highest BCUT2D eigenvalue weighted by Gasteiger charge is 2.20. The molecule has 0 heterocycles. The summed E-state index contributed by atoms with van der Waals surface area (Å²) in [5.41, 5.74) is 0.146. The first-order chi connectivity index (χ1) is 14.3. The lowest BCUT2D eigenvalue weighted by atomic mass is 10.1. The molecule has 0 saturated carbocycles. The maximum absolute atomic E-state index is 12.2. The van der Waals surface area contributed by atoms with Gasteiger partial charge in [-0.25, -0.2) is 14.4 Å². The smallest absolute Gasteiger partial charge is 0.347 e. The number of benzene rings is 2. The van der Waals surface area contributed by atoms with Gasteiger partial charge in [0.2, 0.25) is 0 Å². The van der Waals surface area contributed by atoms with Crippen molar-refractivity contribution in [2.24, 2.45) is 0 Å². The summed E-state index contributed by atoms with van der Waals surface area (Å²) in [7, 11) is 2.38. The summed E-state index contributed by atoms with van der Waals surface area (Å²) in [5, 5.41) is 2.42. The summed E-state index contributed by atoms with van der Waals surface area (Å²) in [6.07, 6.45) is -0.937. The molecule has 1 amide bonds. The van der Waals surface area contributed by atoms with Crippen molar-refractivity contribution in [2.45, 2.75) is 13.0 Å². The van der Waals surface area contributed by atoms with Crippen molar-refractivity contribution in [3.63, 3.8) is 0 Å². The van der Waals surface area contributed by atoms with Crippen LogP contribution in [-0.4, -0.2) is 50.7 Å². The van der Waals surface area contributed by atoms with Gasteiger partial charge in [-0.05, 0) is 37.3 Å². The first-order valence-corrected chi connectivity index (χ1v) is 8.84. The Hall–Kier alpha value is -3.88. The Morgan fingerprint density at radius 1 is 0.933 bits per heavy atom. The monoisotopic (exact) mass is 415 g/mol. The molecule has 1 atom stereocenters. The molecular formula is C21H21NO8. The number of amides is 1. The number of nitrogens with one attached hydrogen (secondary N) is 1. The average molecular weight is 415 g/mol. The van der Waals surface area contributed by atoms with Crippen molar-refractivity contribution in [1.82, 2.24) is 0 Å². The van der Waals surface area contributed by atoms with Crippen molar-refractivity contribution in [3.8, 4) is 5.75 Å². The minimum absolute atomic E-state index is 0.0133. The van der Waals surface area contributed by atoms with E-state index >= 15 is 0 Å². The Bertz CT molecular complexity index is 926. The highest BCUT2D eigenvalue weighted by Crippen LogP contribution is 2.20. The number of carbonyl (C=O) groups is 4. The second-order valence-corrected chi connectivity index (χ2v) is 5.97. The van der Waals surface area contributed by atoms with Crippen LogP contribution >= 0.6 is 0 Å². The van der Waals surface area contributed by atoms with Crippen LogP contribution in [0, 0.1) is 0 Å². The van der Waals surface area contributed by atoms with Crippen molar-refractivity contribution in [3.05, 3.63) is 59.7 Å². The van der Waals surface area contributed by atoms with Gasteiger partial charge in [0.1, 0.15) is 5.75 Å². The van der Waals surface area contributed by atoms with E-state index in [2.05, 4.69) is 14.8 Å². The third-order valence-electron chi connectivity index (χ3n) is 3.85. The molecule has 2 rings (SSSR count). The number of hydrogen-bond donors (Lipinski definition) is 1. The molecule has 0 bridgehead atoms. The summed E-state index contributed by atoms with van der Waals surface area (Å²) in [6, 6.07) is 12.6. The molecule has 9 nitrogen and oxygen atoms in total. The fourth-order valence-electron chi connectivity index (χ4n) is 2.37. The normalized spacial score (nSPS) is 11.0. The standard InChI is InChI=1S/C21H21NO8/c1-13(30-15-7-5-4-6-8-15)19(24)29-12-18(23)22-17-11-14(20(25)27-2)9-10-16(17)21(26)28-3/h4-11,13H,12H2,1-3H3,(H,22,23)/t13-/m1/s1. The van der Waals surface area contributed by atoms with E-state index in [4.69, 9.17) is 9.47 Å². The zero-order valence-electron chi connectivity index (χ0n) is 16.7. The molecule has 158 valence electrons.